The molecule has 0 aromatic rings. The lowest BCUT2D eigenvalue weighted by Crippen LogP contribution is -2.39. The molecule has 0 unspecified atom stereocenters. The summed E-state index contributed by atoms with van der Waals surface area (Å²) in [6, 6.07) is 0. The van der Waals surface area contributed by atoms with Crippen molar-refractivity contribution in [3.05, 3.63) is 0 Å². The van der Waals surface area contributed by atoms with Crippen LogP contribution in [0.2, 0.25) is 0 Å². The highest BCUT2D eigenvalue weighted by Gasteiger charge is 2.13. The minimum atomic E-state index is 0.249. The molecule has 1 nitrogen and oxygen atoms in total. The summed E-state index contributed by atoms with van der Waals surface area (Å²) in [6.07, 6.45) is 2.43. The molecule has 0 radical (unpaired) electrons. The van der Waals surface area contributed by atoms with Gasteiger partial charge in [0.1, 0.15) is 0 Å². The SMILES string of the molecule is CC#CCNC(C)(C)CCC. The zero-order valence-corrected chi connectivity index (χ0v) is 8.12. The molecule has 0 saturated carbocycles. The molecule has 0 saturated heterocycles. The molecule has 0 fully saturated rings. The second-order valence-corrected chi connectivity index (χ2v) is 3.41. The fraction of sp³-hybridized carbons (Fsp3) is 0.800. The predicted octanol–water partition coefficient (Wildman–Crippen LogP) is 2.18. The highest BCUT2D eigenvalue weighted by atomic mass is 14.9. The van der Waals surface area contributed by atoms with E-state index in [0.717, 1.165) is 6.54 Å². The van der Waals surface area contributed by atoms with Gasteiger partial charge in [0.2, 0.25) is 0 Å². The van der Waals surface area contributed by atoms with Gasteiger partial charge in [-0.3, -0.25) is 0 Å². The summed E-state index contributed by atoms with van der Waals surface area (Å²) >= 11 is 0. The van der Waals surface area contributed by atoms with Crippen molar-refractivity contribution in [1.82, 2.24) is 5.32 Å². The summed E-state index contributed by atoms with van der Waals surface area (Å²) in [5, 5.41) is 3.39. The fourth-order valence-corrected chi connectivity index (χ4v) is 1.09. The van der Waals surface area contributed by atoms with Gasteiger partial charge in [0.15, 0.2) is 0 Å². The first-order chi connectivity index (χ1) is 5.12. The third kappa shape index (κ3) is 5.94. The van der Waals surface area contributed by atoms with E-state index in [1.54, 1.807) is 0 Å². The zero-order valence-electron chi connectivity index (χ0n) is 8.12. The smallest absolute Gasteiger partial charge is 0.0580 e. The Kier molecular flexibility index (Phi) is 4.98. The zero-order chi connectivity index (χ0) is 8.74. The topological polar surface area (TPSA) is 12.0 Å². The first-order valence-corrected chi connectivity index (χ1v) is 4.27. The van der Waals surface area contributed by atoms with E-state index in [1.807, 2.05) is 6.92 Å². The Bertz CT molecular complexity index is 148. The third-order valence-corrected chi connectivity index (χ3v) is 1.71. The summed E-state index contributed by atoms with van der Waals surface area (Å²) in [7, 11) is 0. The molecule has 64 valence electrons. The van der Waals surface area contributed by atoms with E-state index in [0.29, 0.717) is 0 Å². The summed E-state index contributed by atoms with van der Waals surface area (Å²) in [5.41, 5.74) is 0.249. The van der Waals surface area contributed by atoms with Crippen LogP contribution in [0.1, 0.15) is 40.5 Å². The minimum Gasteiger partial charge on any atom is -0.301 e. The van der Waals surface area contributed by atoms with Crippen LogP contribution in [0.5, 0.6) is 0 Å². The van der Waals surface area contributed by atoms with Crippen molar-refractivity contribution >= 4 is 0 Å². The lowest BCUT2D eigenvalue weighted by molar-refractivity contribution is 0.377. The average molecular weight is 153 g/mol. The minimum absolute atomic E-state index is 0.249. The Morgan fingerprint density at radius 3 is 2.45 bits per heavy atom. The van der Waals surface area contributed by atoms with Gasteiger partial charge in [-0.25, -0.2) is 0 Å². The Balaban J connectivity index is 3.59. The quantitative estimate of drug-likeness (QED) is 0.610. The molecule has 0 aliphatic rings. The molecule has 0 aromatic carbocycles. The van der Waals surface area contributed by atoms with Crippen LogP contribution in [0.3, 0.4) is 0 Å². The van der Waals surface area contributed by atoms with Crippen molar-refractivity contribution in [2.24, 2.45) is 0 Å². The van der Waals surface area contributed by atoms with Crippen LogP contribution >= 0.6 is 0 Å². The van der Waals surface area contributed by atoms with Crippen LogP contribution < -0.4 is 5.32 Å². The number of rotatable bonds is 4. The maximum absolute atomic E-state index is 3.39. The largest absolute Gasteiger partial charge is 0.301 e. The molecule has 0 heterocycles. The lowest BCUT2D eigenvalue weighted by atomic mass is 9.99. The Labute approximate surface area is 70.6 Å². The van der Waals surface area contributed by atoms with E-state index in [2.05, 4.69) is 37.9 Å². The number of hydrogen-bond donors (Lipinski definition) is 1. The molecule has 1 heteroatoms. The van der Waals surface area contributed by atoms with Crippen LogP contribution in [-0.2, 0) is 0 Å². The monoisotopic (exact) mass is 153 g/mol. The van der Waals surface area contributed by atoms with E-state index < -0.39 is 0 Å². The number of nitrogens with one attached hydrogen (secondary N) is 1. The van der Waals surface area contributed by atoms with E-state index >= 15 is 0 Å². The van der Waals surface area contributed by atoms with Crippen molar-refractivity contribution in [1.29, 1.82) is 0 Å². The van der Waals surface area contributed by atoms with Gasteiger partial charge in [-0.2, -0.15) is 0 Å². The average Bonchev–Trinajstić information content (AvgIpc) is 1.87. The summed E-state index contributed by atoms with van der Waals surface area (Å²) in [6.45, 7) is 9.31. The highest BCUT2D eigenvalue weighted by Crippen LogP contribution is 2.09. The molecule has 0 spiro atoms. The van der Waals surface area contributed by atoms with Crippen molar-refractivity contribution in [2.45, 2.75) is 46.1 Å². The van der Waals surface area contributed by atoms with Gasteiger partial charge in [0.05, 0.1) is 6.54 Å². The Morgan fingerprint density at radius 1 is 1.36 bits per heavy atom. The second kappa shape index (κ2) is 5.21. The molecule has 0 atom stereocenters. The van der Waals surface area contributed by atoms with Gasteiger partial charge >= 0.3 is 0 Å². The van der Waals surface area contributed by atoms with E-state index in [4.69, 9.17) is 0 Å². The predicted molar refractivity (Wildman–Crippen MR) is 50.4 cm³/mol. The van der Waals surface area contributed by atoms with Gasteiger partial charge in [-0.05, 0) is 27.2 Å². The molecule has 0 aliphatic carbocycles. The summed E-state index contributed by atoms with van der Waals surface area (Å²) in [4.78, 5) is 0. The van der Waals surface area contributed by atoms with Gasteiger partial charge in [0.25, 0.3) is 0 Å². The first kappa shape index (κ1) is 10.5. The van der Waals surface area contributed by atoms with Crippen molar-refractivity contribution in [2.75, 3.05) is 6.54 Å². The molecule has 0 bridgehead atoms. The molecule has 1 N–H and O–H groups in total. The van der Waals surface area contributed by atoms with Gasteiger partial charge in [-0.1, -0.05) is 19.3 Å². The van der Waals surface area contributed by atoms with Crippen LogP contribution in [0.4, 0.5) is 0 Å². The van der Waals surface area contributed by atoms with Crippen LogP contribution in [0, 0.1) is 11.8 Å². The van der Waals surface area contributed by atoms with Crippen LogP contribution in [-0.4, -0.2) is 12.1 Å². The molecule has 11 heavy (non-hydrogen) atoms. The highest BCUT2D eigenvalue weighted by molar-refractivity contribution is 4.98. The Hall–Kier alpha value is -0.480. The molecular formula is C10H19N. The van der Waals surface area contributed by atoms with Gasteiger partial charge < -0.3 is 5.32 Å². The standard InChI is InChI=1S/C10H19N/c1-5-7-9-11-10(3,4)8-6-2/h11H,6,8-9H2,1-4H3. The number of hydrogen-bond acceptors (Lipinski definition) is 1. The molecule has 0 aromatic heterocycles. The van der Waals surface area contributed by atoms with Gasteiger partial charge in [-0.15, -0.1) is 5.92 Å². The molecular weight excluding hydrogens is 134 g/mol. The fourth-order valence-electron chi connectivity index (χ4n) is 1.09. The van der Waals surface area contributed by atoms with Crippen molar-refractivity contribution in [3.8, 4) is 11.8 Å². The van der Waals surface area contributed by atoms with E-state index in [1.165, 1.54) is 12.8 Å². The maximum atomic E-state index is 3.39. The van der Waals surface area contributed by atoms with Gasteiger partial charge in [0, 0.05) is 5.54 Å². The third-order valence-electron chi connectivity index (χ3n) is 1.71. The Morgan fingerprint density at radius 2 is 2.00 bits per heavy atom. The van der Waals surface area contributed by atoms with E-state index in [9.17, 15) is 0 Å². The second-order valence-electron chi connectivity index (χ2n) is 3.41. The van der Waals surface area contributed by atoms with Crippen molar-refractivity contribution < 1.29 is 0 Å². The van der Waals surface area contributed by atoms with Crippen LogP contribution in [0.15, 0.2) is 0 Å². The molecule has 0 amide bonds. The summed E-state index contributed by atoms with van der Waals surface area (Å²) < 4.78 is 0. The van der Waals surface area contributed by atoms with Crippen molar-refractivity contribution in [3.63, 3.8) is 0 Å². The lowest BCUT2D eigenvalue weighted by Gasteiger charge is -2.24. The van der Waals surface area contributed by atoms with E-state index in [-0.39, 0.29) is 5.54 Å². The maximum Gasteiger partial charge on any atom is 0.0580 e. The normalized spacial score (nSPS) is 10.5. The first-order valence-electron chi connectivity index (χ1n) is 4.27. The molecule has 0 rings (SSSR count). The molecule has 0 aliphatic heterocycles. The summed E-state index contributed by atoms with van der Waals surface area (Å²) in [5.74, 6) is 5.87. The van der Waals surface area contributed by atoms with Crippen LogP contribution in [0.25, 0.3) is 0 Å².